The lowest BCUT2D eigenvalue weighted by molar-refractivity contribution is 0.628. The monoisotopic (exact) mass is 286 g/mol. The van der Waals surface area contributed by atoms with Crippen molar-refractivity contribution in [2.24, 2.45) is 0 Å². The van der Waals surface area contributed by atoms with E-state index in [0.717, 1.165) is 29.4 Å². The Kier molecular flexibility index (Phi) is 4.13. The van der Waals surface area contributed by atoms with Crippen molar-refractivity contribution in [1.82, 2.24) is 25.0 Å². The Bertz CT molecular complexity index is 534. The normalized spacial score (nSPS) is 11.1. The van der Waals surface area contributed by atoms with Gasteiger partial charge in [0, 0.05) is 12.3 Å². The molecule has 98 valence electrons. The van der Waals surface area contributed by atoms with E-state index in [1.165, 1.54) is 11.8 Å². The van der Waals surface area contributed by atoms with Crippen molar-refractivity contribution in [1.29, 1.82) is 0 Å². The van der Waals surface area contributed by atoms with E-state index in [0.29, 0.717) is 16.9 Å². The molecule has 0 unspecified atom stereocenters. The van der Waals surface area contributed by atoms with Crippen molar-refractivity contribution in [2.75, 3.05) is 5.73 Å². The van der Waals surface area contributed by atoms with Crippen molar-refractivity contribution >= 4 is 29.3 Å². The number of hydrogen-bond donors (Lipinski definition) is 2. The summed E-state index contributed by atoms with van der Waals surface area (Å²) in [5.74, 6) is 0.999. The molecule has 0 fully saturated rings. The smallest absolute Gasteiger partial charge is 0.216 e. The molecule has 18 heavy (non-hydrogen) atoms. The van der Waals surface area contributed by atoms with Crippen LogP contribution in [0.15, 0.2) is 5.16 Å². The van der Waals surface area contributed by atoms with Gasteiger partial charge in [-0.3, -0.25) is 4.68 Å². The van der Waals surface area contributed by atoms with Crippen LogP contribution in [-0.2, 0) is 18.7 Å². The predicted octanol–water partition coefficient (Wildman–Crippen LogP) is 2.11. The van der Waals surface area contributed by atoms with Crippen molar-refractivity contribution in [2.45, 2.75) is 37.7 Å². The molecule has 3 N–H and O–H groups in total. The standard InChI is InChI=1S/C10H15ClN6S/c1-3-6-8(11)7(17(4-2)16-6)5-18-10-13-9(12)14-15-10/h3-5H2,1-2H3,(H3,12,13,14,15). The summed E-state index contributed by atoms with van der Waals surface area (Å²) in [6, 6.07) is 0. The fraction of sp³-hybridized carbons (Fsp3) is 0.500. The van der Waals surface area contributed by atoms with E-state index in [-0.39, 0.29) is 0 Å². The lowest BCUT2D eigenvalue weighted by atomic mass is 10.3. The topological polar surface area (TPSA) is 85.4 Å². The van der Waals surface area contributed by atoms with E-state index in [1.807, 2.05) is 18.5 Å². The van der Waals surface area contributed by atoms with Gasteiger partial charge in [0.2, 0.25) is 11.1 Å². The molecule has 0 bridgehead atoms. The zero-order valence-electron chi connectivity index (χ0n) is 10.3. The van der Waals surface area contributed by atoms with Crippen LogP contribution in [0.25, 0.3) is 0 Å². The molecule has 0 spiro atoms. The Labute approximate surface area is 114 Å². The Hall–Kier alpha value is -1.21. The maximum atomic E-state index is 6.31. The third-order valence-corrected chi connectivity index (χ3v) is 3.81. The number of hydrogen-bond acceptors (Lipinski definition) is 5. The molecule has 0 aliphatic heterocycles. The number of aryl methyl sites for hydroxylation is 2. The summed E-state index contributed by atoms with van der Waals surface area (Å²) in [7, 11) is 0. The molecule has 0 radical (unpaired) electrons. The largest absolute Gasteiger partial charge is 0.368 e. The summed E-state index contributed by atoms with van der Waals surface area (Å²) in [4.78, 5) is 4.04. The van der Waals surface area contributed by atoms with Gasteiger partial charge in [-0.05, 0) is 13.3 Å². The van der Waals surface area contributed by atoms with Crippen LogP contribution in [0.5, 0.6) is 0 Å². The molecule has 0 atom stereocenters. The summed E-state index contributed by atoms with van der Waals surface area (Å²) in [6.45, 7) is 4.88. The van der Waals surface area contributed by atoms with Crippen molar-refractivity contribution < 1.29 is 0 Å². The molecule has 6 nitrogen and oxygen atoms in total. The molecule has 2 heterocycles. The lowest BCUT2D eigenvalue weighted by Gasteiger charge is -2.02. The zero-order valence-corrected chi connectivity index (χ0v) is 11.8. The highest BCUT2D eigenvalue weighted by molar-refractivity contribution is 7.98. The number of rotatable bonds is 5. The van der Waals surface area contributed by atoms with Crippen molar-refractivity contribution in [3.05, 3.63) is 16.4 Å². The first-order valence-corrected chi connectivity index (χ1v) is 7.06. The van der Waals surface area contributed by atoms with Crippen LogP contribution in [-0.4, -0.2) is 25.0 Å². The summed E-state index contributed by atoms with van der Waals surface area (Å²) >= 11 is 7.79. The fourth-order valence-electron chi connectivity index (χ4n) is 1.61. The second-order valence-corrected chi connectivity index (χ2v) is 4.99. The van der Waals surface area contributed by atoms with Gasteiger partial charge in [0.05, 0.1) is 16.4 Å². The molecule has 2 aromatic rings. The number of nitrogen functional groups attached to an aromatic ring is 1. The highest BCUT2D eigenvalue weighted by Gasteiger charge is 2.15. The van der Waals surface area contributed by atoms with E-state index in [9.17, 15) is 0 Å². The molecule has 0 saturated carbocycles. The third kappa shape index (κ3) is 2.62. The SMILES string of the molecule is CCc1nn(CC)c(CSc2n[nH]c(N)n2)c1Cl. The zero-order chi connectivity index (χ0) is 13.1. The fourth-order valence-corrected chi connectivity index (χ4v) is 2.86. The molecular weight excluding hydrogens is 272 g/mol. The van der Waals surface area contributed by atoms with Crippen molar-refractivity contribution in [3.8, 4) is 0 Å². The predicted molar refractivity (Wildman–Crippen MR) is 72.6 cm³/mol. The first kappa shape index (κ1) is 13.2. The molecule has 2 rings (SSSR count). The Morgan fingerprint density at radius 3 is 2.78 bits per heavy atom. The van der Waals surface area contributed by atoms with Crippen LogP contribution in [0.3, 0.4) is 0 Å². The molecule has 0 amide bonds. The van der Waals surface area contributed by atoms with E-state index >= 15 is 0 Å². The number of nitrogens with zero attached hydrogens (tertiary/aromatic N) is 4. The van der Waals surface area contributed by atoms with E-state index in [2.05, 4.69) is 20.3 Å². The summed E-state index contributed by atoms with van der Waals surface area (Å²) in [5, 5.41) is 12.4. The van der Waals surface area contributed by atoms with Crippen LogP contribution >= 0.6 is 23.4 Å². The van der Waals surface area contributed by atoms with Gasteiger partial charge in [0.25, 0.3) is 0 Å². The van der Waals surface area contributed by atoms with Gasteiger partial charge < -0.3 is 5.73 Å². The second-order valence-electron chi connectivity index (χ2n) is 3.67. The number of H-pyrrole nitrogens is 1. The van der Waals surface area contributed by atoms with E-state index < -0.39 is 0 Å². The number of nitrogens with one attached hydrogen (secondary N) is 1. The minimum Gasteiger partial charge on any atom is -0.368 e. The highest BCUT2D eigenvalue weighted by Crippen LogP contribution is 2.27. The minimum atomic E-state index is 0.321. The van der Waals surface area contributed by atoms with Crippen LogP contribution in [0.4, 0.5) is 5.95 Å². The molecule has 0 aliphatic carbocycles. The Morgan fingerprint density at radius 1 is 1.44 bits per heavy atom. The van der Waals surface area contributed by atoms with Crippen LogP contribution in [0, 0.1) is 0 Å². The number of nitrogens with two attached hydrogens (primary N) is 1. The van der Waals surface area contributed by atoms with Crippen LogP contribution in [0.1, 0.15) is 25.2 Å². The van der Waals surface area contributed by atoms with Gasteiger partial charge in [0.1, 0.15) is 0 Å². The second kappa shape index (κ2) is 5.62. The molecular formula is C10H15ClN6S. The quantitative estimate of drug-likeness (QED) is 0.822. The molecule has 0 aromatic carbocycles. The first-order chi connectivity index (χ1) is 8.65. The number of anilines is 1. The van der Waals surface area contributed by atoms with Crippen LogP contribution < -0.4 is 5.73 Å². The summed E-state index contributed by atoms with van der Waals surface area (Å²) in [5.41, 5.74) is 7.41. The average Bonchev–Trinajstić information content (AvgIpc) is 2.91. The third-order valence-electron chi connectivity index (χ3n) is 2.51. The van der Waals surface area contributed by atoms with Crippen molar-refractivity contribution in [3.63, 3.8) is 0 Å². The highest BCUT2D eigenvalue weighted by atomic mass is 35.5. The molecule has 8 heteroatoms. The maximum absolute atomic E-state index is 6.31. The summed E-state index contributed by atoms with van der Waals surface area (Å²) in [6.07, 6.45) is 0.830. The van der Waals surface area contributed by atoms with Crippen LogP contribution in [0.2, 0.25) is 5.02 Å². The van der Waals surface area contributed by atoms with Gasteiger partial charge in [0.15, 0.2) is 0 Å². The maximum Gasteiger partial charge on any atom is 0.216 e. The molecule has 0 saturated heterocycles. The number of halogens is 1. The first-order valence-electron chi connectivity index (χ1n) is 5.70. The lowest BCUT2D eigenvalue weighted by Crippen LogP contribution is -2.02. The van der Waals surface area contributed by atoms with E-state index in [1.54, 1.807) is 0 Å². The number of aromatic amines is 1. The van der Waals surface area contributed by atoms with Gasteiger partial charge in [-0.2, -0.15) is 10.1 Å². The number of thioether (sulfide) groups is 1. The number of aromatic nitrogens is 5. The van der Waals surface area contributed by atoms with Gasteiger partial charge >= 0.3 is 0 Å². The minimum absolute atomic E-state index is 0.321. The van der Waals surface area contributed by atoms with Gasteiger partial charge in [-0.1, -0.05) is 30.3 Å². The Balaban J connectivity index is 2.15. The average molecular weight is 287 g/mol. The van der Waals surface area contributed by atoms with Gasteiger partial charge in [-0.15, -0.1) is 5.10 Å². The molecule has 2 aromatic heterocycles. The summed E-state index contributed by atoms with van der Waals surface area (Å²) < 4.78 is 1.92. The van der Waals surface area contributed by atoms with Gasteiger partial charge in [-0.25, -0.2) is 5.10 Å². The molecule has 0 aliphatic rings. The van der Waals surface area contributed by atoms with E-state index in [4.69, 9.17) is 17.3 Å². The Morgan fingerprint density at radius 2 is 2.22 bits per heavy atom.